The second-order valence-corrected chi connectivity index (χ2v) is 6.06. The highest BCUT2D eigenvalue weighted by atomic mass is 35.5. The zero-order chi connectivity index (χ0) is 17.7. The van der Waals surface area contributed by atoms with Crippen molar-refractivity contribution in [2.24, 2.45) is 5.92 Å². The standard InChI is InChI=1S/C15H20ClN3O4/c1-9(2)14(17-10(3)20)15(21)18(4)8-11-7-12(19(22)23)5-6-13(11)16/h5-7,9,14H,8H2,1-4H3,(H,17,20). The van der Waals surface area contributed by atoms with E-state index in [4.69, 9.17) is 11.6 Å². The second-order valence-electron chi connectivity index (χ2n) is 5.65. The SMILES string of the molecule is CC(=O)NC(C(=O)N(C)Cc1cc([N+](=O)[O-])ccc1Cl)C(C)C. The maximum atomic E-state index is 12.5. The van der Waals surface area contributed by atoms with Gasteiger partial charge < -0.3 is 10.2 Å². The number of hydrogen-bond acceptors (Lipinski definition) is 4. The van der Waals surface area contributed by atoms with Crippen LogP contribution in [-0.4, -0.2) is 34.7 Å². The molecule has 0 spiro atoms. The van der Waals surface area contributed by atoms with Gasteiger partial charge in [0.25, 0.3) is 5.69 Å². The number of benzene rings is 1. The topological polar surface area (TPSA) is 92.6 Å². The van der Waals surface area contributed by atoms with Crippen LogP contribution in [0.25, 0.3) is 0 Å². The quantitative estimate of drug-likeness (QED) is 0.635. The highest BCUT2D eigenvalue weighted by Crippen LogP contribution is 2.23. The van der Waals surface area contributed by atoms with Gasteiger partial charge in [-0.2, -0.15) is 0 Å². The molecule has 8 heteroatoms. The van der Waals surface area contributed by atoms with E-state index >= 15 is 0 Å². The molecule has 0 aliphatic heterocycles. The normalized spacial score (nSPS) is 11.9. The number of carbonyl (C=O) groups excluding carboxylic acids is 2. The van der Waals surface area contributed by atoms with Gasteiger partial charge in [0.2, 0.25) is 11.8 Å². The van der Waals surface area contributed by atoms with Crippen LogP contribution in [0.4, 0.5) is 5.69 Å². The molecule has 0 aromatic heterocycles. The average molecular weight is 342 g/mol. The van der Waals surface area contributed by atoms with Crippen molar-refractivity contribution in [3.8, 4) is 0 Å². The number of carbonyl (C=O) groups is 2. The van der Waals surface area contributed by atoms with E-state index in [1.165, 1.54) is 30.0 Å². The number of nitrogens with one attached hydrogen (secondary N) is 1. The van der Waals surface area contributed by atoms with Gasteiger partial charge >= 0.3 is 0 Å². The first-order valence-electron chi connectivity index (χ1n) is 7.08. The Hall–Kier alpha value is -2.15. The molecule has 0 saturated carbocycles. The minimum absolute atomic E-state index is 0.0885. The van der Waals surface area contributed by atoms with Crippen molar-refractivity contribution in [2.75, 3.05) is 7.05 Å². The van der Waals surface area contributed by atoms with Gasteiger partial charge in [-0.15, -0.1) is 0 Å². The summed E-state index contributed by atoms with van der Waals surface area (Å²) >= 11 is 6.05. The van der Waals surface area contributed by atoms with Crippen molar-refractivity contribution in [3.63, 3.8) is 0 Å². The molecule has 0 fully saturated rings. The lowest BCUT2D eigenvalue weighted by molar-refractivity contribution is -0.384. The lowest BCUT2D eigenvalue weighted by Gasteiger charge is -2.27. The van der Waals surface area contributed by atoms with E-state index in [-0.39, 0.29) is 30.0 Å². The first-order chi connectivity index (χ1) is 10.6. The van der Waals surface area contributed by atoms with Crippen LogP contribution >= 0.6 is 11.6 Å². The second kappa shape index (κ2) is 7.92. The summed E-state index contributed by atoms with van der Waals surface area (Å²) in [6, 6.07) is 3.42. The van der Waals surface area contributed by atoms with E-state index in [1.54, 1.807) is 7.05 Å². The van der Waals surface area contributed by atoms with Gasteiger partial charge in [0.05, 0.1) is 4.92 Å². The first kappa shape index (κ1) is 18.9. The summed E-state index contributed by atoms with van der Waals surface area (Å²) in [5, 5.41) is 13.8. The molecular weight excluding hydrogens is 322 g/mol. The Morgan fingerprint density at radius 3 is 2.48 bits per heavy atom. The van der Waals surface area contributed by atoms with Gasteiger partial charge in [-0.3, -0.25) is 19.7 Å². The number of nitrogens with zero attached hydrogens (tertiary/aromatic N) is 2. The van der Waals surface area contributed by atoms with Crippen LogP contribution in [0.15, 0.2) is 18.2 Å². The van der Waals surface area contributed by atoms with Gasteiger partial charge in [-0.25, -0.2) is 0 Å². The van der Waals surface area contributed by atoms with E-state index in [2.05, 4.69) is 5.32 Å². The highest BCUT2D eigenvalue weighted by molar-refractivity contribution is 6.31. The smallest absolute Gasteiger partial charge is 0.269 e. The molecule has 0 saturated heterocycles. The molecule has 0 radical (unpaired) electrons. The third-order valence-corrected chi connectivity index (χ3v) is 3.68. The van der Waals surface area contributed by atoms with E-state index in [0.717, 1.165) is 0 Å². The monoisotopic (exact) mass is 341 g/mol. The van der Waals surface area contributed by atoms with Gasteiger partial charge in [-0.05, 0) is 17.5 Å². The lowest BCUT2D eigenvalue weighted by Crippen LogP contribution is -2.49. The van der Waals surface area contributed by atoms with Gasteiger partial charge in [0.1, 0.15) is 6.04 Å². The van der Waals surface area contributed by atoms with Crippen molar-refractivity contribution in [1.82, 2.24) is 10.2 Å². The number of nitro benzene ring substituents is 1. The largest absolute Gasteiger partial charge is 0.344 e. The number of hydrogen-bond donors (Lipinski definition) is 1. The first-order valence-corrected chi connectivity index (χ1v) is 7.46. The molecule has 2 amide bonds. The average Bonchev–Trinajstić information content (AvgIpc) is 2.45. The lowest BCUT2D eigenvalue weighted by atomic mass is 10.0. The van der Waals surface area contributed by atoms with Crippen molar-refractivity contribution in [1.29, 1.82) is 0 Å². The Balaban J connectivity index is 2.95. The number of halogens is 1. The Morgan fingerprint density at radius 1 is 1.39 bits per heavy atom. The maximum Gasteiger partial charge on any atom is 0.269 e. The predicted molar refractivity (Wildman–Crippen MR) is 87.0 cm³/mol. The van der Waals surface area contributed by atoms with Crippen molar-refractivity contribution < 1.29 is 14.5 Å². The molecule has 23 heavy (non-hydrogen) atoms. The number of amides is 2. The van der Waals surface area contributed by atoms with E-state index < -0.39 is 11.0 Å². The molecule has 0 aliphatic rings. The number of nitro groups is 1. The Kier molecular flexibility index (Phi) is 6.50. The van der Waals surface area contributed by atoms with Crippen LogP contribution in [0.5, 0.6) is 0 Å². The fourth-order valence-corrected chi connectivity index (χ4v) is 2.28. The molecule has 126 valence electrons. The van der Waals surface area contributed by atoms with Crippen molar-refractivity contribution in [2.45, 2.75) is 33.4 Å². The molecule has 1 N–H and O–H groups in total. The predicted octanol–water partition coefficient (Wildman–Crippen LogP) is 2.37. The maximum absolute atomic E-state index is 12.5. The van der Waals surface area contributed by atoms with E-state index in [9.17, 15) is 19.7 Å². The zero-order valence-electron chi connectivity index (χ0n) is 13.5. The summed E-state index contributed by atoms with van der Waals surface area (Å²) in [6.45, 7) is 5.11. The Morgan fingerprint density at radius 2 is 2.00 bits per heavy atom. The van der Waals surface area contributed by atoms with Crippen molar-refractivity contribution >= 4 is 29.1 Å². The Bertz CT molecular complexity index is 619. The molecule has 7 nitrogen and oxygen atoms in total. The van der Waals surface area contributed by atoms with Crippen LogP contribution in [-0.2, 0) is 16.1 Å². The van der Waals surface area contributed by atoms with Gasteiger partial charge in [-0.1, -0.05) is 25.4 Å². The van der Waals surface area contributed by atoms with E-state index in [1.807, 2.05) is 13.8 Å². The van der Waals surface area contributed by atoms with E-state index in [0.29, 0.717) is 10.6 Å². The van der Waals surface area contributed by atoms with Crippen LogP contribution in [0, 0.1) is 16.0 Å². The van der Waals surface area contributed by atoms with Crippen LogP contribution in [0.3, 0.4) is 0 Å². The molecular formula is C15H20ClN3O4. The minimum Gasteiger partial charge on any atom is -0.344 e. The summed E-state index contributed by atoms with van der Waals surface area (Å²) in [6.07, 6.45) is 0. The fraction of sp³-hybridized carbons (Fsp3) is 0.467. The molecule has 1 aromatic carbocycles. The molecule has 1 rings (SSSR count). The molecule has 1 unspecified atom stereocenters. The molecule has 0 heterocycles. The summed E-state index contributed by atoms with van der Waals surface area (Å²) in [7, 11) is 1.56. The summed E-state index contributed by atoms with van der Waals surface area (Å²) in [5.74, 6) is -0.661. The molecule has 0 aliphatic carbocycles. The fourth-order valence-electron chi connectivity index (χ4n) is 2.10. The highest BCUT2D eigenvalue weighted by Gasteiger charge is 2.26. The number of rotatable bonds is 6. The third-order valence-electron chi connectivity index (χ3n) is 3.32. The number of non-ortho nitro benzene ring substituents is 1. The van der Waals surface area contributed by atoms with Gasteiger partial charge in [0, 0.05) is 37.7 Å². The van der Waals surface area contributed by atoms with Gasteiger partial charge in [0.15, 0.2) is 0 Å². The van der Waals surface area contributed by atoms with Crippen LogP contribution in [0.2, 0.25) is 5.02 Å². The summed E-state index contributed by atoms with van der Waals surface area (Å²) in [4.78, 5) is 35.4. The molecule has 1 aromatic rings. The van der Waals surface area contributed by atoms with Crippen LogP contribution in [0.1, 0.15) is 26.3 Å². The van der Waals surface area contributed by atoms with Crippen molar-refractivity contribution in [3.05, 3.63) is 38.9 Å². The summed E-state index contributed by atoms with van der Waals surface area (Å²) < 4.78 is 0. The van der Waals surface area contributed by atoms with Crippen LogP contribution < -0.4 is 5.32 Å². The zero-order valence-corrected chi connectivity index (χ0v) is 14.3. The Labute approximate surface area is 139 Å². The number of likely N-dealkylation sites (N-methyl/N-ethyl adjacent to an activating group) is 1. The third kappa shape index (κ3) is 5.21. The minimum atomic E-state index is -0.657. The molecule has 1 atom stereocenters. The molecule has 0 bridgehead atoms. The summed E-state index contributed by atoms with van der Waals surface area (Å²) in [5.41, 5.74) is 0.384.